The molecular formula is C21H31B8F3N4O2. The van der Waals surface area contributed by atoms with Gasteiger partial charge in [-0.15, -0.1) is 5.10 Å². The van der Waals surface area contributed by atoms with Crippen molar-refractivity contribution in [3.8, 4) is 0 Å². The molecule has 1 aliphatic heterocycles. The second kappa shape index (κ2) is 8.95. The summed E-state index contributed by atoms with van der Waals surface area (Å²) in [6.07, 6.45) is -4.30. The van der Waals surface area contributed by atoms with Crippen LogP contribution < -0.4 is 4.90 Å². The summed E-state index contributed by atoms with van der Waals surface area (Å²) in [5.74, 6) is 0.707. The Kier molecular flexibility index (Phi) is 6.80. The minimum Gasteiger partial charge on any atom is -0.402 e. The minimum absolute atomic E-state index is 0.148. The van der Waals surface area contributed by atoms with E-state index < -0.39 is 33.2 Å². The lowest BCUT2D eigenvalue weighted by Gasteiger charge is -2.69. The lowest BCUT2D eigenvalue weighted by Crippen LogP contribution is -2.86. The maximum Gasteiger partial charge on any atom is 0.416 e. The van der Waals surface area contributed by atoms with E-state index in [2.05, 4.69) is 72.7 Å². The maximum atomic E-state index is 13.6. The molecule has 4 rings (SSSR count). The summed E-state index contributed by atoms with van der Waals surface area (Å²) < 4.78 is 49.1. The van der Waals surface area contributed by atoms with Crippen LogP contribution in [-0.4, -0.2) is 104 Å². The highest BCUT2D eigenvalue weighted by atomic mass is 19.4. The SMILES string of the molecule is BC1(B)OC(B)(B)C(B)(B)N(c2cc(C)c3nc(CO)c(Cc4cccc(C(F)(F)F)c4C)n3n2)C1(B)B. The van der Waals surface area contributed by atoms with Crippen LogP contribution in [-0.2, 0) is 23.9 Å². The molecule has 1 saturated heterocycles. The Labute approximate surface area is 229 Å². The van der Waals surface area contributed by atoms with Gasteiger partial charge in [-0.3, -0.25) is 0 Å². The number of aromatic nitrogens is 3. The van der Waals surface area contributed by atoms with Gasteiger partial charge in [0.15, 0.2) is 5.65 Å². The van der Waals surface area contributed by atoms with E-state index in [0.717, 1.165) is 11.6 Å². The number of hydrogen-bond acceptors (Lipinski definition) is 5. The number of halogens is 3. The van der Waals surface area contributed by atoms with Crippen molar-refractivity contribution in [1.29, 1.82) is 0 Å². The highest BCUT2D eigenvalue weighted by Gasteiger charge is 2.59. The number of aliphatic hydroxyl groups excluding tert-OH is 1. The number of anilines is 1. The highest BCUT2D eigenvalue weighted by Crippen LogP contribution is 2.42. The number of fused-ring (bicyclic) bond motifs is 1. The van der Waals surface area contributed by atoms with Crippen molar-refractivity contribution >= 4 is 74.2 Å². The average Bonchev–Trinajstić information content (AvgIpc) is 3.10. The lowest BCUT2D eigenvalue weighted by atomic mass is 9.30. The third-order valence-corrected chi connectivity index (χ3v) is 8.99. The zero-order valence-electron chi connectivity index (χ0n) is 24.0. The second-order valence-corrected chi connectivity index (χ2v) is 12.4. The molecule has 1 N–H and O–H groups in total. The van der Waals surface area contributed by atoms with Crippen LogP contribution in [0.3, 0.4) is 0 Å². The Hall–Kier alpha value is -2.13. The van der Waals surface area contributed by atoms with Gasteiger partial charge in [0.25, 0.3) is 0 Å². The van der Waals surface area contributed by atoms with Crippen molar-refractivity contribution in [3.63, 3.8) is 0 Å². The van der Waals surface area contributed by atoms with Gasteiger partial charge in [-0.1, -0.05) is 12.1 Å². The molecule has 38 heavy (non-hydrogen) atoms. The average molecular weight is 515 g/mol. The smallest absolute Gasteiger partial charge is 0.402 e. The Morgan fingerprint density at radius 2 is 1.55 bits per heavy atom. The fourth-order valence-corrected chi connectivity index (χ4v) is 5.72. The fourth-order valence-electron chi connectivity index (χ4n) is 5.72. The van der Waals surface area contributed by atoms with Crippen molar-refractivity contribution in [1.82, 2.24) is 14.6 Å². The number of nitrogens with zero attached hydrogens (tertiary/aromatic N) is 4. The molecule has 17 heteroatoms. The number of hydrogen-bond donors (Lipinski definition) is 1. The van der Waals surface area contributed by atoms with Crippen molar-refractivity contribution in [2.75, 3.05) is 4.90 Å². The maximum absolute atomic E-state index is 13.6. The topological polar surface area (TPSA) is 62.9 Å². The molecule has 0 unspecified atom stereocenters. The second-order valence-electron chi connectivity index (χ2n) is 12.4. The molecule has 0 radical (unpaired) electrons. The number of imidazole rings is 1. The van der Waals surface area contributed by atoms with Gasteiger partial charge < -0.3 is 14.7 Å². The van der Waals surface area contributed by atoms with E-state index in [0.29, 0.717) is 28.4 Å². The lowest BCUT2D eigenvalue weighted by molar-refractivity contribution is -0.138. The number of morpholine rings is 1. The van der Waals surface area contributed by atoms with Crippen LogP contribution in [0, 0.1) is 13.8 Å². The fraction of sp³-hybridized carbons (Fsp3) is 0.429. The normalized spacial score (nSPS) is 20.0. The quantitative estimate of drug-likeness (QED) is 0.353. The van der Waals surface area contributed by atoms with E-state index in [1.807, 2.05) is 13.0 Å². The van der Waals surface area contributed by atoms with Gasteiger partial charge in [0, 0.05) is 17.2 Å². The van der Waals surface area contributed by atoms with Gasteiger partial charge in [0.1, 0.15) is 68.6 Å². The predicted octanol–water partition coefficient (Wildman–Crippen LogP) is -5.04. The molecular weight excluding hydrogens is 484 g/mol. The molecule has 1 aliphatic rings. The van der Waals surface area contributed by atoms with Crippen LogP contribution in [0.25, 0.3) is 5.65 Å². The molecule has 0 bridgehead atoms. The Bertz CT molecular complexity index is 1390. The Morgan fingerprint density at radius 1 is 0.974 bits per heavy atom. The van der Waals surface area contributed by atoms with E-state index >= 15 is 0 Å². The summed E-state index contributed by atoms with van der Waals surface area (Å²) in [6, 6.07) is 6.18. The van der Waals surface area contributed by atoms with Gasteiger partial charge in [-0.05, 0) is 53.3 Å². The molecule has 0 aliphatic carbocycles. The van der Waals surface area contributed by atoms with Crippen LogP contribution in [0.1, 0.15) is 33.6 Å². The molecule has 3 aromatic rings. The zero-order chi connectivity index (χ0) is 28.6. The first-order valence-corrected chi connectivity index (χ1v) is 12.9. The molecule has 1 aromatic carbocycles. The molecule has 0 saturated carbocycles. The number of aryl methyl sites for hydroxylation is 1. The third-order valence-electron chi connectivity index (χ3n) is 8.99. The Morgan fingerprint density at radius 3 is 2.08 bits per heavy atom. The van der Waals surface area contributed by atoms with Gasteiger partial charge in [-0.2, -0.15) is 13.2 Å². The summed E-state index contributed by atoms with van der Waals surface area (Å²) >= 11 is 0. The van der Waals surface area contributed by atoms with E-state index in [1.165, 1.54) is 13.0 Å². The molecule has 192 valence electrons. The Balaban J connectivity index is 1.94. The van der Waals surface area contributed by atoms with Gasteiger partial charge in [-0.25, -0.2) is 9.50 Å². The van der Waals surface area contributed by atoms with E-state index in [9.17, 15) is 18.3 Å². The van der Waals surface area contributed by atoms with Crippen molar-refractivity contribution in [2.24, 2.45) is 0 Å². The molecule has 0 spiro atoms. The molecule has 0 atom stereocenters. The number of alkyl halides is 3. The summed E-state index contributed by atoms with van der Waals surface area (Å²) in [4.78, 5) is 6.91. The largest absolute Gasteiger partial charge is 0.416 e. The summed E-state index contributed by atoms with van der Waals surface area (Å²) in [5, 5.41) is 13.2. The summed E-state index contributed by atoms with van der Waals surface area (Å²) in [6.45, 7) is 3.07. The van der Waals surface area contributed by atoms with Crippen LogP contribution in [0.5, 0.6) is 0 Å². The van der Waals surface area contributed by atoms with Crippen molar-refractivity contribution in [3.05, 3.63) is 57.9 Å². The standard InChI is InChI=1S/C21H31B8F3N4O2/c1-9-6-15(36-18(22,23)20(26,27)38-21(28,29)19(36,24)25)34-35-14(13(8-37)33-16(9)35)7-11-4-3-5-12(10(11)2)17(30,31)32/h3-6,37H,7-8,22-29H2,1-2H3. The number of benzene rings is 1. The number of rotatable bonds is 4. The van der Waals surface area contributed by atoms with Crippen molar-refractivity contribution < 1.29 is 23.0 Å². The van der Waals surface area contributed by atoms with E-state index in [-0.39, 0.29) is 18.6 Å². The first kappa shape index (κ1) is 28.9. The van der Waals surface area contributed by atoms with Gasteiger partial charge in [0.2, 0.25) is 0 Å². The number of ether oxygens (including phenoxy) is 1. The molecule has 6 nitrogen and oxygen atoms in total. The van der Waals surface area contributed by atoms with E-state index in [4.69, 9.17) is 9.84 Å². The van der Waals surface area contributed by atoms with Crippen molar-refractivity contribution in [2.45, 2.75) is 54.5 Å². The molecule has 3 heterocycles. The zero-order valence-corrected chi connectivity index (χ0v) is 24.0. The summed E-state index contributed by atoms with van der Waals surface area (Å²) in [5.41, 5.74) is 2.39. The van der Waals surface area contributed by atoms with Gasteiger partial charge in [0.05, 0.1) is 23.6 Å². The van der Waals surface area contributed by atoms with Crippen LogP contribution in [0.2, 0.25) is 0 Å². The minimum atomic E-state index is -4.45. The molecule has 1 fully saturated rings. The van der Waals surface area contributed by atoms with Crippen LogP contribution >= 0.6 is 0 Å². The first-order valence-electron chi connectivity index (χ1n) is 12.9. The highest BCUT2D eigenvalue weighted by molar-refractivity contribution is 6.61. The number of aliphatic hydroxyl groups is 1. The molecule has 2 aromatic heterocycles. The molecule has 0 amide bonds. The van der Waals surface area contributed by atoms with Crippen LogP contribution in [0.4, 0.5) is 19.0 Å². The monoisotopic (exact) mass is 516 g/mol. The summed E-state index contributed by atoms with van der Waals surface area (Å²) in [7, 11) is 16.8. The predicted molar refractivity (Wildman–Crippen MR) is 165 cm³/mol. The first-order chi connectivity index (χ1) is 17.3. The van der Waals surface area contributed by atoms with E-state index in [1.54, 1.807) is 10.6 Å². The van der Waals surface area contributed by atoms with Crippen LogP contribution in [0.15, 0.2) is 24.3 Å². The third kappa shape index (κ3) is 4.34. The van der Waals surface area contributed by atoms with Gasteiger partial charge >= 0.3 is 6.18 Å².